The van der Waals surface area contributed by atoms with Gasteiger partial charge in [-0.05, 0) is 0 Å². The lowest BCUT2D eigenvalue weighted by Gasteiger charge is -2.01. The predicted molar refractivity (Wildman–Crippen MR) is 84.6 cm³/mol. The molecule has 150 valence electrons. The fourth-order valence-corrected chi connectivity index (χ4v) is 0.736. The summed E-state index contributed by atoms with van der Waals surface area (Å²) in [4.78, 5) is 38.2. The Balaban J connectivity index is -0.000000308. The summed E-state index contributed by atoms with van der Waals surface area (Å²) in [6, 6.07) is 0. The van der Waals surface area contributed by atoms with Gasteiger partial charge in [0.2, 0.25) is 0 Å². The van der Waals surface area contributed by atoms with Crippen LogP contribution < -0.4 is 0 Å². The Morgan fingerprint density at radius 3 is 0.923 bits per heavy atom. The molecule has 0 aliphatic rings. The smallest absolute Gasteiger partial charge is 0.328 e. The molecule has 0 aromatic carbocycles. The summed E-state index contributed by atoms with van der Waals surface area (Å²) in [7, 11) is 0. The van der Waals surface area contributed by atoms with E-state index in [2.05, 4.69) is 0 Å². The van der Waals surface area contributed by atoms with E-state index in [1.165, 1.54) is 0 Å². The fraction of sp³-hybridized carbons (Fsp3) is 0.429. The van der Waals surface area contributed by atoms with Crippen molar-refractivity contribution in [2.75, 3.05) is 39.6 Å². The topological polar surface area (TPSA) is 208 Å². The van der Waals surface area contributed by atoms with Crippen molar-refractivity contribution in [3.63, 3.8) is 0 Å². The minimum atomic E-state index is -1.26. The van der Waals surface area contributed by atoms with Crippen LogP contribution in [-0.2, 0) is 28.7 Å². The SMILES string of the molecule is O=C(O)/C=C/C(=O)O.O=C(O)/C=C/C(=O)O.OCCOCCOCCO. The first-order valence-corrected chi connectivity index (χ1v) is 6.82. The number of carboxylic acids is 4. The van der Waals surface area contributed by atoms with E-state index in [9.17, 15) is 19.2 Å². The molecular weight excluding hydrogens is 360 g/mol. The van der Waals surface area contributed by atoms with Crippen LogP contribution >= 0.6 is 0 Å². The molecule has 0 unspecified atom stereocenters. The molecule has 26 heavy (non-hydrogen) atoms. The Labute approximate surface area is 148 Å². The monoisotopic (exact) mass is 382 g/mol. The highest BCUT2D eigenvalue weighted by Gasteiger charge is 1.89. The molecule has 12 heteroatoms. The molecule has 0 fully saturated rings. The Kier molecular flexibility index (Phi) is 23.9. The average molecular weight is 382 g/mol. The largest absolute Gasteiger partial charge is 0.478 e. The molecule has 6 N–H and O–H groups in total. The number of aliphatic hydroxyl groups is 2. The van der Waals surface area contributed by atoms with Gasteiger partial charge in [0.15, 0.2) is 0 Å². The van der Waals surface area contributed by atoms with E-state index >= 15 is 0 Å². The highest BCUT2D eigenvalue weighted by atomic mass is 16.5. The summed E-state index contributed by atoms with van der Waals surface area (Å²) in [5, 5.41) is 47.8. The fourth-order valence-electron chi connectivity index (χ4n) is 0.736. The van der Waals surface area contributed by atoms with Gasteiger partial charge in [0.25, 0.3) is 0 Å². The minimum Gasteiger partial charge on any atom is -0.478 e. The highest BCUT2D eigenvalue weighted by molar-refractivity contribution is 5.90. The van der Waals surface area contributed by atoms with Gasteiger partial charge in [-0.1, -0.05) is 0 Å². The van der Waals surface area contributed by atoms with Crippen molar-refractivity contribution in [1.82, 2.24) is 0 Å². The van der Waals surface area contributed by atoms with Gasteiger partial charge in [-0.2, -0.15) is 0 Å². The van der Waals surface area contributed by atoms with Gasteiger partial charge in [0.05, 0.1) is 39.6 Å². The van der Waals surface area contributed by atoms with Crippen molar-refractivity contribution in [3.8, 4) is 0 Å². The minimum absolute atomic E-state index is 0.0417. The zero-order valence-corrected chi connectivity index (χ0v) is 13.7. The number of aliphatic carboxylic acids is 4. The standard InChI is InChI=1S/C6H14O4.2C4H4O4/c7-1-3-9-5-6-10-4-2-8;2*5-3(6)1-2-4(7)8/h7-8H,1-6H2;2*1-2H,(H,5,6)(H,7,8)/b;2*2-1+. The Hall–Kier alpha value is -2.80. The summed E-state index contributed by atoms with van der Waals surface area (Å²) >= 11 is 0. The zero-order chi connectivity index (χ0) is 20.8. The van der Waals surface area contributed by atoms with Crippen molar-refractivity contribution in [2.24, 2.45) is 0 Å². The zero-order valence-electron chi connectivity index (χ0n) is 13.7. The second-order valence-corrected chi connectivity index (χ2v) is 3.69. The third-order valence-electron chi connectivity index (χ3n) is 1.58. The van der Waals surface area contributed by atoms with Crippen molar-refractivity contribution < 1.29 is 59.3 Å². The van der Waals surface area contributed by atoms with Gasteiger partial charge in [0, 0.05) is 24.3 Å². The molecule has 0 heterocycles. The summed E-state index contributed by atoms with van der Waals surface area (Å²) in [5.74, 6) is -5.03. The summed E-state index contributed by atoms with van der Waals surface area (Å²) in [6.07, 6.45) is 2.23. The highest BCUT2D eigenvalue weighted by Crippen LogP contribution is 1.76. The Morgan fingerprint density at radius 2 is 0.769 bits per heavy atom. The number of ether oxygens (including phenoxy) is 2. The van der Waals surface area contributed by atoms with Crippen LogP contribution in [0.3, 0.4) is 0 Å². The maximum Gasteiger partial charge on any atom is 0.328 e. The lowest BCUT2D eigenvalue weighted by molar-refractivity contribution is -0.134. The van der Waals surface area contributed by atoms with Gasteiger partial charge in [-0.25, -0.2) is 19.2 Å². The first-order chi connectivity index (χ1) is 12.2. The normalized spacial score (nSPS) is 9.77. The van der Waals surface area contributed by atoms with Crippen molar-refractivity contribution in [1.29, 1.82) is 0 Å². The number of hydrogen-bond donors (Lipinski definition) is 6. The van der Waals surface area contributed by atoms with Gasteiger partial charge in [-0.15, -0.1) is 0 Å². The van der Waals surface area contributed by atoms with Crippen LogP contribution in [0.15, 0.2) is 24.3 Å². The quantitative estimate of drug-likeness (QED) is 0.177. The third kappa shape index (κ3) is 42.9. The molecule has 0 bridgehead atoms. The van der Waals surface area contributed by atoms with E-state index in [0.29, 0.717) is 50.7 Å². The number of carbonyl (C=O) groups is 4. The van der Waals surface area contributed by atoms with Gasteiger partial charge in [-0.3, -0.25) is 0 Å². The maximum atomic E-state index is 9.55. The van der Waals surface area contributed by atoms with Crippen LogP contribution in [0.5, 0.6) is 0 Å². The molecule has 0 aromatic rings. The average Bonchev–Trinajstić information content (AvgIpc) is 2.55. The van der Waals surface area contributed by atoms with E-state index < -0.39 is 23.9 Å². The number of carboxylic acid groups (broad SMARTS) is 4. The van der Waals surface area contributed by atoms with Crippen LogP contribution in [0.2, 0.25) is 0 Å². The summed E-state index contributed by atoms with van der Waals surface area (Å²) < 4.78 is 9.75. The van der Waals surface area contributed by atoms with E-state index in [4.69, 9.17) is 40.1 Å². The molecule has 0 saturated heterocycles. The molecule has 0 amide bonds. The molecule has 0 atom stereocenters. The molecule has 0 spiro atoms. The van der Waals surface area contributed by atoms with Crippen molar-refractivity contribution in [2.45, 2.75) is 0 Å². The van der Waals surface area contributed by atoms with Crippen LogP contribution in [0.1, 0.15) is 0 Å². The molecule has 0 aromatic heterocycles. The molecule has 0 aliphatic heterocycles. The lowest BCUT2D eigenvalue weighted by Crippen LogP contribution is -2.09. The van der Waals surface area contributed by atoms with E-state index in [1.807, 2.05) is 0 Å². The van der Waals surface area contributed by atoms with Crippen LogP contribution in [-0.4, -0.2) is 94.2 Å². The molecule has 12 nitrogen and oxygen atoms in total. The molecule has 0 rings (SSSR count). The molecule has 0 aliphatic carbocycles. The van der Waals surface area contributed by atoms with E-state index in [0.717, 1.165) is 0 Å². The second-order valence-electron chi connectivity index (χ2n) is 3.69. The van der Waals surface area contributed by atoms with Crippen LogP contribution in [0.25, 0.3) is 0 Å². The molecule has 0 saturated carbocycles. The first kappa shape index (κ1) is 28.0. The Morgan fingerprint density at radius 1 is 0.538 bits per heavy atom. The van der Waals surface area contributed by atoms with Gasteiger partial charge >= 0.3 is 23.9 Å². The second kappa shape index (κ2) is 22.2. The van der Waals surface area contributed by atoms with Crippen molar-refractivity contribution in [3.05, 3.63) is 24.3 Å². The lowest BCUT2D eigenvalue weighted by atomic mass is 10.5. The van der Waals surface area contributed by atoms with Gasteiger partial charge in [0.1, 0.15) is 0 Å². The maximum absolute atomic E-state index is 9.55. The predicted octanol–water partition coefficient (Wildman–Crippen LogP) is -1.57. The van der Waals surface area contributed by atoms with Gasteiger partial charge < -0.3 is 40.1 Å². The van der Waals surface area contributed by atoms with Crippen LogP contribution in [0.4, 0.5) is 0 Å². The van der Waals surface area contributed by atoms with E-state index in [-0.39, 0.29) is 13.2 Å². The third-order valence-corrected chi connectivity index (χ3v) is 1.58. The number of aliphatic hydroxyl groups excluding tert-OH is 2. The molecule has 0 radical (unpaired) electrons. The Bertz CT molecular complexity index is 381. The summed E-state index contributed by atoms with van der Waals surface area (Å²) in [6.45, 7) is 1.73. The van der Waals surface area contributed by atoms with Crippen molar-refractivity contribution >= 4 is 23.9 Å². The first-order valence-electron chi connectivity index (χ1n) is 6.82. The van der Waals surface area contributed by atoms with E-state index in [1.54, 1.807) is 0 Å². The molecular formula is C14H22O12. The number of hydrogen-bond acceptors (Lipinski definition) is 8. The number of rotatable bonds is 11. The van der Waals surface area contributed by atoms with Crippen LogP contribution in [0, 0.1) is 0 Å². The summed E-state index contributed by atoms with van der Waals surface area (Å²) in [5.41, 5.74) is 0.